The van der Waals surface area contributed by atoms with Crippen LogP contribution >= 0.6 is 34.4 Å². The third-order valence-corrected chi connectivity index (χ3v) is 6.41. The van der Waals surface area contributed by atoms with Gasteiger partial charge in [-0.25, -0.2) is 14.4 Å². The summed E-state index contributed by atoms with van der Waals surface area (Å²) in [6, 6.07) is 6.24. The van der Waals surface area contributed by atoms with Crippen LogP contribution in [-0.4, -0.2) is 26.0 Å². The van der Waals surface area contributed by atoms with Gasteiger partial charge >= 0.3 is 0 Å². The number of aromatic nitrogens is 4. The van der Waals surface area contributed by atoms with Gasteiger partial charge in [-0.3, -0.25) is 4.79 Å². The van der Waals surface area contributed by atoms with Crippen LogP contribution in [0, 0.1) is 5.82 Å². The second kappa shape index (κ2) is 9.25. The fourth-order valence-electron chi connectivity index (χ4n) is 2.34. The van der Waals surface area contributed by atoms with Gasteiger partial charge in [-0.2, -0.15) is 4.98 Å². The van der Waals surface area contributed by atoms with Gasteiger partial charge in [0, 0.05) is 35.4 Å². The summed E-state index contributed by atoms with van der Waals surface area (Å²) in [6.07, 6.45) is 2.23. The van der Waals surface area contributed by atoms with Crippen LogP contribution in [-0.2, 0) is 17.0 Å². The van der Waals surface area contributed by atoms with Crippen LogP contribution in [0.4, 0.5) is 9.52 Å². The van der Waals surface area contributed by atoms with Gasteiger partial charge < -0.3 is 9.84 Å². The maximum atomic E-state index is 13.0. The van der Waals surface area contributed by atoms with Crippen molar-refractivity contribution in [3.8, 4) is 11.3 Å². The Labute approximate surface area is 177 Å². The van der Waals surface area contributed by atoms with E-state index in [-0.39, 0.29) is 18.1 Å². The lowest BCUT2D eigenvalue weighted by molar-refractivity contribution is -0.116. The van der Waals surface area contributed by atoms with E-state index in [0.29, 0.717) is 29.0 Å². The number of nitrogens with one attached hydrogen (secondary N) is 1. The molecule has 0 bridgehead atoms. The predicted octanol–water partition coefficient (Wildman–Crippen LogP) is 4.65. The summed E-state index contributed by atoms with van der Waals surface area (Å²) in [5.74, 6) is 1.05. The number of anilines is 1. The maximum Gasteiger partial charge on any atom is 0.227 e. The Kier molecular flexibility index (Phi) is 6.27. The molecule has 11 heteroatoms. The molecule has 0 fully saturated rings. The molecule has 4 rings (SSSR count). The number of carbonyl (C=O) groups is 1. The number of halogens is 1. The molecule has 148 valence electrons. The van der Waals surface area contributed by atoms with Gasteiger partial charge in [0.15, 0.2) is 15.3 Å². The summed E-state index contributed by atoms with van der Waals surface area (Å²) < 4.78 is 19.1. The minimum atomic E-state index is -0.271. The fourth-order valence-corrected chi connectivity index (χ4v) is 4.56. The molecule has 0 aliphatic heterocycles. The first-order chi connectivity index (χ1) is 14.2. The molecule has 0 spiro atoms. The highest BCUT2D eigenvalue weighted by atomic mass is 32.2. The molecule has 1 amide bonds. The van der Waals surface area contributed by atoms with Crippen molar-refractivity contribution in [1.82, 2.24) is 20.1 Å². The van der Waals surface area contributed by atoms with Crippen molar-refractivity contribution < 1.29 is 13.7 Å². The fraction of sp³-hybridized carbons (Fsp3) is 0.167. The summed E-state index contributed by atoms with van der Waals surface area (Å²) in [5, 5.41) is 11.0. The number of benzene rings is 1. The number of nitrogens with zero attached hydrogens (tertiary/aromatic N) is 4. The molecule has 29 heavy (non-hydrogen) atoms. The lowest BCUT2D eigenvalue weighted by Crippen LogP contribution is -2.12. The molecule has 0 saturated heterocycles. The van der Waals surface area contributed by atoms with Gasteiger partial charge in [0.1, 0.15) is 5.82 Å². The highest BCUT2D eigenvalue weighted by Crippen LogP contribution is 2.30. The lowest BCUT2D eigenvalue weighted by atomic mass is 10.2. The Morgan fingerprint density at radius 3 is 2.86 bits per heavy atom. The van der Waals surface area contributed by atoms with Crippen LogP contribution in [0.5, 0.6) is 0 Å². The number of rotatable bonds is 8. The van der Waals surface area contributed by atoms with Crippen LogP contribution in [0.15, 0.2) is 50.1 Å². The lowest BCUT2D eigenvalue weighted by Gasteiger charge is -1.98. The molecule has 0 atom stereocenters. The molecule has 4 aromatic rings. The number of aryl methyl sites for hydroxylation is 1. The summed E-state index contributed by atoms with van der Waals surface area (Å²) in [7, 11) is 0. The molecule has 3 aromatic heterocycles. The monoisotopic (exact) mass is 447 g/mol. The Hall–Kier alpha value is -2.63. The van der Waals surface area contributed by atoms with Crippen molar-refractivity contribution >= 4 is 45.5 Å². The average molecular weight is 448 g/mol. The summed E-state index contributed by atoms with van der Waals surface area (Å²) in [6.45, 7) is 0. The molecule has 7 nitrogen and oxygen atoms in total. The van der Waals surface area contributed by atoms with Gasteiger partial charge in [-0.15, -0.1) is 22.7 Å². The minimum Gasteiger partial charge on any atom is -0.339 e. The van der Waals surface area contributed by atoms with Crippen molar-refractivity contribution in [2.24, 2.45) is 0 Å². The first-order valence-corrected chi connectivity index (χ1v) is 11.3. The van der Waals surface area contributed by atoms with Gasteiger partial charge in [0.25, 0.3) is 0 Å². The highest BCUT2D eigenvalue weighted by molar-refractivity contribution is 8.00. The van der Waals surface area contributed by atoms with E-state index < -0.39 is 0 Å². The van der Waals surface area contributed by atoms with Crippen molar-refractivity contribution in [2.45, 2.75) is 22.9 Å². The zero-order valence-electron chi connectivity index (χ0n) is 14.9. The molecule has 1 aromatic carbocycles. The van der Waals surface area contributed by atoms with Crippen LogP contribution in [0.3, 0.4) is 0 Å². The minimum absolute atomic E-state index is 0.148. The van der Waals surface area contributed by atoms with Crippen LogP contribution in [0.25, 0.3) is 11.3 Å². The number of thiazole rings is 2. The van der Waals surface area contributed by atoms with Crippen molar-refractivity contribution in [1.29, 1.82) is 0 Å². The third-order valence-electron chi connectivity index (χ3n) is 3.70. The number of hydrogen-bond acceptors (Lipinski definition) is 9. The molecular formula is C18H14FN5O2S3. The van der Waals surface area contributed by atoms with E-state index in [9.17, 15) is 9.18 Å². The van der Waals surface area contributed by atoms with Crippen LogP contribution in [0.2, 0.25) is 0 Å². The summed E-state index contributed by atoms with van der Waals surface area (Å²) in [5.41, 5.74) is 1.67. The summed E-state index contributed by atoms with van der Waals surface area (Å²) >= 11 is 4.36. The van der Waals surface area contributed by atoms with E-state index in [0.717, 1.165) is 15.6 Å². The molecule has 0 aliphatic rings. The van der Waals surface area contributed by atoms with E-state index in [1.54, 1.807) is 23.7 Å². The van der Waals surface area contributed by atoms with E-state index in [1.807, 2.05) is 5.38 Å². The Bertz CT molecular complexity index is 1080. The van der Waals surface area contributed by atoms with E-state index in [1.165, 1.54) is 46.6 Å². The first kappa shape index (κ1) is 19.7. The Balaban J connectivity index is 1.26. The summed E-state index contributed by atoms with van der Waals surface area (Å²) in [4.78, 5) is 24.7. The standard InChI is InChI=1S/C18H14FN5O2S3/c19-12-3-1-11(2-4-12)13-9-28-18(21-13)29-10-14-22-16(26-24-14)6-5-15(25)23-17-20-7-8-27-17/h1-4,7-9H,5-6,10H2,(H,20,23,25). The van der Waals surface area contributed by atoms with Gasteiger partial charge in [-0.1, -0.05) is 16.9 Å². The number of hydrogen-bond donors (Lipinski definition) is 1. The van der Waals surface area contributed by atoms with Gasteiger partial charge in [0.2, 0.25) is 11.8 Å². The topological polar surface area (TPSA) is 93.8 Å². The first-order valence-electron chi connectivity index (χ1n) is 8.51. The number of carbonyl (C=O) groups excluding carboxylic acids is 1. The molecule has 3 heterocycles. The van der Waals surface area contributed by atoms with Gasteiger partial charge in [0.05, 0.1) is 11.4 Å². The van der Waals surface area contributed by atoms with Crippen molar-refractivity contribution in [2.75, 3.05) is 5.32 Å². The zero-order chi connectivity index (χ0) is 20.1. The Morgan fingerprint density at radius 1 is 1.21 bits per heavy atom. The van der Waals surface area contributed by atoms with Crippen LogP contribution in [0.1, 0.15) is 18.1 Å². The second-order valence-corrected chi connectivity index (χ2v) is 8.76. The average Bonchev–Trinajstić information content (AvgIpc) is 3.47. The Morgan fingerprint density at radius 2 is 2.07 bits per heavy atom. The van der Waals surface area contributed by atoms with E-state index in [4.69, 9.17) is 4.52 Å². The molecule has 0 aliphatic carbocycles. The van der Waals surface area contributed by atoms with Crippen molar-refractivity contribution in [3.63, 3.8) is 0 Å². The molecule has 0 radical (unpaired) electrons. The zero-order valence-corrected chi connectivity index (χ0v) is 17.3. The van der Waals surface area contributed by atoms with Crippen molar-refractivity contribution in [3.05, 3.63) is 58.8 Å². The molecule has 0 unspecified atom stereocenters. The molecule has 0 saturated carbocycles. The normalized spacial score (nSPS) is 10.9. The number of amides is 1. The quantitative estimate of drug-likeness (QED) is 0.393. The highest BCUT2D eigenvalue weighted by Gasteiger charge is 2.12. The largest absolute Gasteiger partial charge is 0.339 e. The van der Waals surface area contributed by atoms with Crippen LogP contribution < -0.4 is 5.32 Å². The second-order valence-electron chi connectivity index (χ2n) is 5.78. The van der Waals surface area contributed by atoms with E-state index >= 15 is 0 Å². The molecule has 1 N–H and O–H groups in total. The smallest absolute Gasteiger partial charge is 0.227 e. The van der Waals surface area contributed by atoms with E-state index in [2.05, 4.69) is 25.4 Å². The third kappa shape index (κ3) is 5.46. The predicted molar refractivity (Wildman–Crippen MR) is 110 cm³/mol. The SMILES string of the molecule is O=C(CCc1nc(CSc2nc(-c3ccc(F)cc3)cs2)no1)Nc1nccs1. The maximum absolute atomic E-state index is 13.0. The molecular weight excluding hydrogens is 433 g/mol. The van der Waals surface area contributed by atoms with Gasteiger partial charge in [-0.05, 0) is 24.3 Å². The number of thioether (sulfide) groups is 1.